The Balaban J connectivity index is 2.17. The molecule has 0 radical (unpaired) electrons. The van der Waals surface area contributed by atoms with E-state index in [0.29, 0.717) is 0 Å². The summed E-state index contributed by atoms with van der Waals surface area (Å²) in [6, 6.07) is 19.8. The molecule has 0 aromatic heterocycles. The van der Waals surface area contributed by atoms with Crippen LogP contribution in [0.3, 0.4) is 0 Å². The minimum absolute atomic E-state index is 1.01. The molecule has 0 heterocycles. The summed E-state index contributed by atoms with van der Waals surface area (Å²) in [4.78, 5) is 0. The van der Waals surface area contributed by atoms with Crippen LogP contribution in [-0.4, -0.2) is 0 Å². The number of aryl methyl sites for hydroxylation is 3. The van der Waals surface area contributed by atoms with Gasteiger partial charge in [0.15, 0.2) is 0 Å². The van der Waals surface area contributed by atoms with E-state index in [1.165, 1.54) is 38.6 Å². The molecule has 3 aromatic rings. The molecule has 0 nitrogen and oxygen atoms in total. The van der Waals surface area contributed by atoms with E-state index in [4.69, 9.17) is 0 Å². The monoisotopic (exact) mass is 260 g/mol. The van der Waals surface area contributed by atoms with Crippen LogP contribution in [-0.2, 0) is 6.42 Å². The van der Waals surface area contributed by atoms with Crippen molar-refractivity contribution in [1.82, 2.24) is 0 Å². The highest BCUT2D eigenvalue weighted by atomic mass is 14.1. The van der Waals surface area contributed by atoms with Crippen molar-refractivity contribution in [3.63, 3.8) is 0 Å². The Hall–Kier alpha value is -2.08. The topological polar surface area (TPSA) is 0 Å². The first-order valence-corrected chi connectivity index (χ1v) is 7.19. The molecule has 20 heavy (non-hydrogen) atoms. The highest BCUT2D eigenvalue weighted by Crippen LogP contribution is 2.27. The summed E-state index contributed by atoms with van der Waals surface area (Å²) in [7, 11) is 0. The van der Waals surface area contributed by atoms with Crippen molar-refractivity contribution in [3.05, 3.63) is 82.4 Å². The third-order valence-corrected chi connectivity index (χ3v) is 4.30. The van der Waals surface area contributed by atoms with Crippen molar-refractivity contribution in [2.24, 2.45) is 0 Å². The van der Waals surface area contributed by atoms with E-state index in [2.05, 4.69) is 75.4 Å². The number of hydrogen-bond acceptors (Lipinski definition) is 0. The molecular formula is C20H20. The Bertz CT molecular complexity index is 766. The zero-order valence-corrected chi connectivity index (χ0v) is 12.4. The summed E-state index contributed by atoms with van der Waals surface area (Å²) in [6.45, 7) is 6.62. The largest absolute Gasteiger partial charge is 0.0620 e. The third kappa shape index (κ3) is 2.22. The fourth-order valence-corrected chi connectivity index (χ4v) is 2.91. The minimum atomic E-state index is 1.01. The normalized spacial score (nSPS) is 10.9. The van der Waals surface area contributed by atoms with Gasteiger partial charge in [-0.25, -0.2) is 0 Å². The van der Waals surface area contributed by atoms with E-state index in [0.717, 1.165) is 6.42 Å². The Labute approximate surface area is 121 Å². The first-order valence-electron chi connectivity index (χ1n) is 7.19. The first kappa shape index (κ1) is 12.9. The van der Waals surface area contributed by atoms with Crippen LogP contribution in [0.2, 0.25) is 0 Å². The van der Waals surface area contributed by atoms with Crippen molar-refractivity contribution in [3.8, 4) is 0 Å². The molecule has 0 N–H and O–H groups in total. The van der Waals surface area contributed by atoms with Crippen LogP contribution in [0.15, 0.2) is 54.6 Å². The van der Waals surface area contributed by atoms with Gasteiger partial charge in [0, 0.05) is 0 Å². The quantitative estimate of drug-likeness (QED) is 0.582. The molecule has 3 aromatic carbocycles. The average molecular weight is 260 g/mol. The van der Waals surface area contributed by atoms with Crippen LogP contribution in [0.1, 0.15) is 27.8 Å². The highest BCUT2D eigenvalue weighted by molar-refractivity contribution is 5.89. The van der Waals surface area contributed by atoms with Crippen LogP contribution >= 0.6 is 0 Å². The predicted molar refractivity (Wildman–Crippen MR) is 87.4 cm³/mol. The molecule has 0 saturated carbocycles. The molecule has 0 spiro atoms. The second kappa shape index (κ2) is 5.13. The lowest BCUT2D eigenvalue weighted by Gasteiger charge is -2.13. The van der Waals surface area contributed by atoms with E-state index in [-0.39, 0.29) is 0 Å². The maximum atomic E-state index is 2.35. The van der Waals surface area contributed by atoms with Crippen LogP contribution < -0.4 is 0 Å². The molecule has 0 heteroatoms. The molecule has 100 valence electrons. The van der Waals surface area contributed by atoms with Gasteiger partial charge in [0.25, 0.3) is 0 Å². The minimum Gasteiger partial charge on any atom is -0.0620 e. The molecule has 0 fully saturated rings. The Morgan fingerprint density at radius 1 is 0.650 bits per heavy atom. The van der Waals surface area contributed by atoms with Crippen molar-refractivity contribution in [2.45, 2.75) is 27.2 Å². The van der Waals surface area contributed by atoms with E-state index in [1.54, 1.807) is 0 Å². The van der Waals surface area contributed by atoms with Gasteiger partial charge in [0.1, 0.15) is 0 Å². The maximum Gasteiger partial charge on any atom is -0.00169 e. The van der Waals surface area contributed by atoms with E-state index in [1.807, 2.05) is 0 Å². The molecule has 0 unspecified atom stereocenters. The van der Waals surface area contributed by atoms with Crippen LogP contribution in [0.4, 0.5) is 0 Å². The lowest BCUT2D eigenvalue weighted by Crippen LogP contribution is -1.95. The van der Waals surface area contributed by atoms with E-state index in [9.17, 15) is 0 Å². The molecule has 0 aliphatic heterocycles. The number of fused-ring (bicyclic) bond motifs is 1. The first-order chi connectivity index (χ1) is 9.66. The van der Waals surface area contributed by atoms with Crippen molar-refractivity contribution >= 4 is 10.8 Å². The fourth-order valence-electron chi connectivity index (χ4n) is 2.91. The standard InChI is InChI=1S/C20H20/c1-14-8-4-5-9-17(14)13-18-12-15(2)16(3)19-10-6-7-11-20(18)19/h4-12H,13H2,1-3H3. The number of hydrogen-bond donors (Lipinski definition) is 0. The van der Waals surface area contributed by atoms with Gasteiger partial charge < -0.3 is 0 Å². The Morgan fingerprint density at radius 2 is 1.30 bits per heavy atom. The zero-order valence-electron chi connectivity index (χ0n) is 12.4. The Morgan fingerprint density at radius 3 is 2.05 bits per heavy atom. The summed E-state index contributed by atoms with van der Waals surface area (Å²) in [5, 5.41) is 2.77. The van der Waals surface area contributed by atoms with Gasteiger partial charge in [-0.2, -0.15) is 0 Å². The fraction of sp³-hybridized carbons (Fsp3) is 0.200. The van der Waals surface area contributed by atoms with Crippen LogP contribution in [0.5, 0.6) is 0 Å². The molecule has 3 rings (SSSR count). The zero-order chi connectivity index (χ0) is 14.1. The number of rotatable bonds is 2. The lowest BCUT2D eigenvalue weighted by atomic mass is 9.91. The third-order valence-electron chi connectivity index (χ3n) is 4.30. The van der Waals surface area contributed by atoms with E-state index >= 15 is 0 Å². The van der Waals surface area contributed by atoms with Gasteiger partial charge in [0.2, 0.25) is 0 Å². The van der Waals surface area contributed by atoms with Gasteiger partial charge in [-0.15, -0.1) is 0 Å². The van der Waals surface area contributed by atoms with Gasteiger partial charge in [-0.1, -0.05) is 54.6 Å². The molecular weight excluding hydrogens is 240 g/mol. The molecule has 0 saturated heterocycles. The number of benzene rings is 3. The summed E-state index contributed by atoms with van der Waals surface area (Å²) >= 11 is 0. The van der Waals surface area contributed by atoms with Crippen LogP contribution in [0, 0.1) is 20.8 Å². The van der Waals surface area contributed by atoms with Gasteiger partial charge >= 0.3 is 0 Å². The highest BCUT2D eigenvalue weighted by Gasteiger charge is 2.08. The lowest BCUT2D eigenvalue weighted by molar-refractivity contribution is 1.16. The molecule has 0 amide bonds. The van der Waals surface area contributed by atoms with Crippen molar-refractivity contribution in [2.75, 3.05) is 0 Å². The molecule has 0 bridgehead atoms. The summed E-state index contributed by atoms with van der Waals surface area (Å²) in [5.41, 5.74) is 7.00. The average Bonchev–Trinajstić information content (AvgIpc) is 2.47. The van der Waals surface area contributed by atoms with Gasteiger partial charge in [0.05, 0.1) is 0 Å². The van der Waals surface area contributed by atoms with Crippen molar-refractivity contribution in [1.29, 1.82) is 0 Å². The molecule has 0 aliphatic rings. The van der Waals surface area contributed by atoms with Gasteiger partial charge in [-0.05, 0) is 65.8 Å². The SMILES string of the molecule is Cc1ccccc1Cc1cc(C)c(C)c2ccccc12. The van der Waals surface area contributed by atoms with Gasteiger partial charge in [-0.3, -0.25) is 0 Å². The second-order valence-corrected chi connectivity index (χ2v) is 5.63. The Kier molecular flexibility index (Phi) is 3.31. The summed E-state index contributed by atoms with van der Waals surface area (Å²) in [5.74, 6) is 0. The maximum absolute atomic E-state index is 2.35. The summed E-state index contributed by atoms with van der Waals surface area (Å²) < 4.78 is 0. The molecule has 0 aliphatic carbocycles. The molecule has 0 atom stereocenters. The van der Waals surface area contributed by atoms with Crippen LogP contribution in [0.25, 0.3) is 10.8 Å². The van der Waals surface area contributed by atoms with Crippen molar-refractivity contribution < 1.29 is 0 Å². The summed E-state index contributed by atoms with van der Waals surface area (Å²) in [6.07, 6.45) is 1.01. The van der Waals surface area contributed by atoms with E-state index < -0.39 is 0 Å². The predicted octanol–water partition coefficient (Wildman–Crippen LogP) is 5.36. The smallest absolute Gasteiger partial charge is 0.00169 e. The second-order valence-electron chi connectivity index (χ2n) is 5.63.